The molecule has 0 bridgehead atoms. The minimum atomic E-state index is -0.636. The van der Waals surface area contributed by atoms with Crippen LogP contribution in [-0.4, -0.2) is 58.3 Å². The second-order valence-corrected chi connectivity index (χ2v) is 9.43. The monoisotopic (exact) mass is 441 g/mol. The lowest BCUT2D eigenvalue weighted by molar-refractivity contribution is 0.0140. The first-order chi connectivity index (χ1) is 15.2. The number of anilines is 2. The number of amides is 1. The molecule has 1 aromatic heterocycles. The van der Waals surface area contributed by atoms with Gasteiger partial charge in [0.15, 0.2) is 0 Å². The summed E-state index contributed by atoms with van der Waals surface area (Å²) in [6, 6.07) is 7.05. The van der Waals surface area contributed by atoms with Gasteiger partial charge in [-0.15, -0.1) is 0 Å². The van der Waals surface area contributed by atoms with E-state index < -0.39 is 5.60 Å². The van der Waals surface area contributed by atoms with Crippen LogP contribution in [0.4, 0.5) is 16.0 Å². The SMILES string of the molecule is Cc1ccc(N2CCN(c3nccc(C(=O)NC4CCC(C)(O)CC4)n3)[C@H](C)C2)c(F)c1. The maximum absolute atomic E-state index is 14.4. The number of piperazine rings is 1. The van der Waals surface area contributed by atoms with Crippen LogP contribution in [-0.2, 0) is 0 Å². The molecule has 1 aromatic carbocycles. The average molecular weight is 442 g/mol. The number of aliphatic hydroxyl groups is 1. The van der Waals surface area contributed by atoms with Crippen LogP contribution in [0.25, 0.3) is 0 Å². The fourth-order valence-corrected chi connectivity index (χ4v) is 4.60. The number of carbonyl (C=O) groups excluding carboxylic acids is 1. The molecule has 2 N–H and O–H groups in total. The molecule has 1 amide bonds. The Kier molecular flexibility index (Phi) is 6.33. The van der Waals surface area contributed by atoms with Gasteiger partial charge in [-0.3, -0.25) is 4.79 Å². The number of hydrogen-bond acceptors (Lipinski definition) is 6. The molecule has 172 valence electrons. The Morgan fingerprint density at radius 2 is 2.00 bits per heavy atom. The third-order valence-corrected chi connectivity index (χ3v) is 6.60. The van der Waals surface area contributed by atoms with Crippen molar-refractivity contribution in [3.05, 3.63) is 47.5 Å². The lowest BCUT2D eigenvalue weighted by atomic mass is 9.83. The third-order valence-electron chi connectivity index (χ3n) is 6.60. The zero-order valence-electron chi connectivity index (χ0n) is 19.0. The Balaban J connectivity index is 1.40. The fraction of sp³-hybridized carbons (Fsp3) is 0.542. The van der Waals surface area contributed by atoms with Gasteiger partial charge >= 0.3 is 0 Å². The van der Waals surface area contributed by atoms with Gasteiger partial charge in [0.05, 0.1) is 11.3 Å². The number of carbonyl (C=O) groups is 1. The van der Waals surface area contributed by atoms with Crippen molar-refractivity contribution in [3.8, 4) is 0 Å². The molecule has 1 aliphatic carbocycles. The van der Waals surface area contributed by atoms with Crippen molar-refractivity contribution in [2.24, 2.45) is 0 Å². The molecule has 7 nitrogen and oxygen atoms in total. The molecule has 4 rings (SSSR count). The predicted molar refractivity (Wildman–Crippen MR) is 123 cm³/mol. The van der Waals surface area contributed by atoms with Gasteiger partial charge in [0.2, 0.25) is 5.95 Å². The average Bonchev–Trinajstić information content (AvgIpc) is 2.75. The van der Waals surface area contributed by atoms with Crippen molar-refractivity contribution in [2.45, 2.75) is 64.1 Å². The maximum atomic E-state index is 14.4. The highest BCUT2D eigenvalue weighted by Gasteiger charge is 2.30. The Morgan fingerprint density at radius 3 is 2.69 bits per heavy atom. The summed E-state index contributed by atoms with van der Waals surface area (Å²) in [6.45, 7) is 7.70. The highest BCUT2D eigenvalue weighted by Crippen LogP contribution is 2.28. The van der Waals surface area contributed by atoms with Crippen LogP contribution in [0.1, 0.15) is 55.6 Å². The first kappa shape index (κ1) is 22.5. The van der Waals surface area contributed by atoms with E-state index in [0.29, 0.717) is 49.8 Å². The summed E-state index contributed by atoms with van der Waals surface area (Å²) in [5.74, 6) is 0.0961. The quantitative estimate of drug-likeness (QED) is 0.759. The molecule has 1 saturated heterocycles. The van der Waals surface area contributed by atoms with Crippen LogP contribution >= 0.6 is 0 Å². The van der Waals surface area contributed by atoms with E-state index in [1.165, 1.54) is 0 Å². The molecule has 1 aliphatic heterocycles. The Hall–Kier alpha value is -2.74. The Bertz CT molecular complexity index is 973. The summed E-state index contributed by atoms with van der Waals surface area (Å²) in [4.78, 5) is 25.8. The van der Waals surface area contributed by atoms with E-state index in [1.54, 1.807) is 18.3 Å². The number of nitrogens with zero attached hydrogens (tertiary/aromatic N) is 4. The highest BCUT2D eigenvalue weighted by molar-refractivity contribution is 5.92. The van der Waals surface area contributed by atoms with Gasteiger partial charge in [0.1, 0.15) is 11.5 Å². The van der Waals surface area contributed by atoms with Crippen LogP contribution in [0.5, 0.6) is 0 Å². The lowest BCUT2D eigenvalue weighted by Crippen LogP contribution is -2.53. The van der Waals surface area contributed by atoms with Gasteiger partial charge in [-0.1, -0.05) is 6.07 Å². The first-order valence-corrected chi connectivity index (χ1v) is 11.4. The molecule has 32 heavy (non-hydrogen) atoms. The Labute approximate surface area is 188 Å². The molecule has 2 aliphatic rings. The zero-order chi connectivity index (χ0) is 22.9. The molecular formula is C24H32FN5O2. The smallest absolute Gasteiger partial charge is 0.270 e. The molecule has 1 atom stereocenters. The van der Waals surface area contributed by atoms with Gasteiger partial charge in [0, 0.05) is 37.9 Å². The van der Waals surface area contributed by atoms with Gasteiger partial charge in [0.25, 0.3) is 5.91 Å². The van der Waals surface area contributed by atoms with E-state index in [2.05, 4.69) is 27.1 Å². The number of rotatable bonds is 4. The van der Waals surface area contributed by atoms with E-state index >= 15 is 0 Å². The first-order valence-electron chi connectivity index (χ1n) is 11.4. The van der Waals surface area contributed by atoms with Crippen LogP contribution in [0.15, 0.2) is 30.5 Å². The largest absolute Gasteiger partial charge is 0.390 e. The van der Waals surface area contributed by atoms with E-state index in [9.17, 15) is 14.3 Å². The topological polar surface area (TPSA) is 81.6 Å². The number of aryl methyl sites for hydroxylation is 1. The second kappa shape index (κ2) is 9.02. The number of nitrogens with one attached hydrogen (secondary N) is 1. The minimum Gasteiger partial charge on any atom is -0.390 e. The predicted octanol–water partition coefficient (Wildman–Crippen LogP) is 3.06. The summed E-state index contributed by atoms with van der Waals surface area (Å²) in [5.41, 5.74) is 1.22. The van der Waals surface area contributed by atoms with Crippen molar-refractivity contribution >= 4 is 17.5 Å². The molecule has 1 saturated carbocycles. The summed E-state index contributed by atoms with van der Waals surface area (Å²) >= 11 is 0. The standard InChI is InChI=1S/C24H32FN5O2/c1-16-4-5-21(19(25)14-16)29-12-13-30(17(2)15-29)23-26-11-8-20(28-23)22(31)27-18-6-9-24(3,32)10-7-18/h4-5,8,11,14,17-18,32H,6-7,9-10,12-13,15H2,1-3H3,(H,27,31)/t17-,18?,24?/m1/s1. The number of hydrogen-bond donors (Lipinski definition) is 2. The molecule has 8 heteroatoms. The van der Waals surface area contributed by atoms with E-state index in [1.807, 2.05) is 30.9 Å². The van der Waals surface area contributed by atoms with E-state index in [0.717, 1.165) is 18.4 Å². The lowest BCUT2D eigenvalue weighted by Gasteiger charge is -2.41. The number of aromatic nitrogens is 2. The van der Waals surface area contributed by atoms with Crippen LogP contribution < -0.4 is 15.1 Å². The van der Waals surface area contributed by atoms with Crippen molar-refractivity contribution in [3.63, 3.8) is 0 Å². The van der Waals surface area contributed by atoms with Gasteiger partial charge in [-0.2, -0.15) is 0 Å². The Morgan fingerprint density at radius 1 is 1.25 bits per heavy atom. The van der Waals surface area contributed by atoms with Crippen molar-refractivity contribution in [1.82, 2.24) is 15.3 Å². The molecule has 0 spiro atoms. The minimum absolute atomic E-state index is 0.0491. The normalized spacial score (nSPS) is 26.2. The van der Waals surface area contributed by atoms with E-state index in [4.69, 9.17) is 0 Å². The van der Waals surface area contributed by atoms with Gasteiger partial charge in [-0.05, 0) is 70.2 Å². The van der Waals surface area contributed by atoms with Crippen LogP contribution in [0.2, 0.25) is 0 Å². The summed E-state index contributed by atoms with van der Waals surface area (Å²) in [7, 11) is 0. The highest BCUT2D eigenvalue weighted by atomic mass is 19.1. The van der Waals surface area contributed by atoms with Crippen LogP contribution in [0, 0.1) is 12.7 Å². The number of benzene rings is 1. The van der Waals surface area contributed by atoms with Gasteiger partial charge < -0.3 is 20.2 Å². The van der Waals surface area contributed by atoms with Gasteiger partial charge in [-0.25, -0.2) is 14.4 Å². The van der Waals surface area contributed by atoms with E-state index in [-0.39, 0.29) is 23.8 Å². The maximum Gasteiger partial charge on any atom is 0.270 e. The zero-order valence-corrected chi connectivity index (χ0v) is 19.0. The molecule has 0 unspecified atom stereocenters. The summed E-state index contributed by atoms with van der Waals surface area (Å²) < 4.78 is 14.4. The fourth-order valence-electron chi connectivity index (χ4n) is 4.60. The summed E-state index contributed by atoms with van der Waals surface area (Å²) in [5, 5.41) is 13.1. The molecule has 0 radical (unpaired) electrons. The molecule has 2 fully saturated rings. The molecular weight excluding hydrogens is 409 g/mol. The second-order valence-electron chi connectivity index (χ2n) is 9.43. The third kappa shape index (κ3) is 5.01. The molecule has 2 aromatic rings. The van der Waals surface area contributed by atoms with Crippen molar-refractivity contribution in [1.29, 1.82) is 0 Å². The van der Waals surface area contributed by atoms with Crippen molar-refractivity contribution in [2.75, 3.05) is 29.4 Å². The molecule has 2 heterocycles. The summed E-state index contributed by atoms with van der Waals surface area (Å²) in [6.07, 6.45) is 4.48. The number of halogens is 1. The van der Waals surface area contributed by atoms with Crippen LogP contribution in [0.3, 0.4) is 0 Å². The van der Waals surface area contributed by atoms with Crippen molar-refractivity contribution < 1.29 is 14.3 Å².